The normalized spacial score (nSPS) is 12.1. The Morgan fingerprint density at radius 1 is 1.47 bits per heavy atom. The molecule has 0 aliphatic rings. The van der Waals surface area contributed by atoms with E-state index in [1.54, 1.807) is 24.6 Å². The van der Waals surface area contributed by atoms with E-state index in [4.69, 9.17) is 4.18 Å². The summed E-state index contributed by atoms with van der Waals surface area (Å²) in [5.41, 5.74) is 2.48. The molecule has 80 valence electrons. The molecule has 0 amide bonds. The van der Waals surface area contributed by atoms with Crippen molar-refractivity contribution in [1.82, 2.24) is 4.98 Å². The fourth-order valence-electron chi connectivity index (χ4n) is 1.21. The Labute approximate surface area is 91.7 Å². The first-order chi connectivity index (χ1) is 7.13. The molecule has 1 aromatic carbocycles. The summed E-state index contributed by atoms with van der Waals surface area (Å²) in [5.74, 6) is 0. The van der Waals surface area contributed by atoms with Gasteiger partial charge in [0.2, 0.25) is 0 Å². The summed E-state index contributed by atoms with van der Waals surface area (Å²) < 4.78 is 28.7. The molecule has 0 radical (unpaired) electrons. The number of nitrogens with zero attached hydrogens (tertiary/aromatic N) is 1. The minimum Gasteiger partial charge on any atom is -0.267 e. The number of thiazole rings is 1. The molecular weight excluding hydrogens is 234 g/mol. The SMILES string of the molecule is CCOS(=O)(=O)c1ccc2ncsc2c1. The number of hydrogen-bond donors (Lipinski definition) is 0. The maximum Gasteiger partial charge on any atom is 0.297 e. The van der Waals surface area contributed by atoms with E-state index in [0.717, 1.165) is 10.2 Å². The van der Waals surface area contributed by atoms with Crippen LogP contribution in [0.5, 0.6) is 0 Å². The van der Waals surface area contributed by atoms with Gasteiger partial charge in [-0.1, -0.05) is 0 Å². The van der Waals surface area contributed by atoms with Crippen LogP contribution in [0.25, 0.3) is 10.2 Å². The van der Waals surface area contributed by atoms with Gasteiger partial charge in [0.25, 0.3) is 10.1 Å². The van der Waals surface area contributed by atoms with E-state index in [9.17, 15) is 8.42 Å². The molecule has 0 fully saturated rings. The first-order valence-electron chi connectivity index (χ1n) is 4.36. The van der Waals surface area contributed by atoms with Crippen molar-refractivity contribution in [3.05, 3.63) is 23.7 Å². The Balaban J connectivity index is 2.52. The molecule has 0 aliphatic heterocycles. The summed E-state index contributed by atoms with van der Waals surface area (Å²) in [6.45, 7) is 1.78. The van der Waals surface area contributed by atoms with Crippen molar-refractivity contribution in [3.8, 4) is 0 Å². The molecule has 0 bridgehead atoms. The average Bonchev–Trinajstić information content (AvgIpc) is 2.63. The van der Waals surface area contributed by atoms with Crippen LogP contribution >= 0.6 is 11.3 Å². The van der Waals surface area contributed by atoms with Crippen LogP contribution in [0.4, 0.5) is 0 Å². The maximum atomic E-state index is 11.6. The van der Waals surface area contributed by atoms with Gasteiger partial charge >= 0.3 is 0 Å². The summed E-state index contributed by atoms with van der Waals surface area (Å²) in [5, 5.41) is 0. The second kappa shape index (κ2) is 3.88. The van der Waals surface area contributed by atoms with Crippen molar-refractivity contribution < 1.29 is 12.6 Å². The van der Waals surface area contributed by atoms with E-state index in [0.29, 0.717) is 0 Å². The summed E-state index contributed by atoms with van der Waals surface area (Å²) in [6, 6.07) is 4.77. The standard InChI is InChI=1S/C9H9NO3S2/c1-2-13-15(11,12)7-3-4-8-9(5-7)14-6-10-8/h3-6H,2H2,1H3. The van der Waals surface area contributed by atoms with Gasteiger partial charge in [-0.3, -0.25) is 4.18 Å². The lowest BCUT2D eigenvalue weighted by atomic mass is 10.3. The molecule has 4 nitrogen and oxygen atoms in total. The maximum absolute atomic E-state index is 11.6. The minimum atomic E-state index is -3.60. The number of aromatic nitrogens is 1. The fourth-order valence-corrected chi connectivity index (χ4v) is 2.95. The quantitative estimate of drug-likeness (QED) is 0.774. The second-order valence-electron chi connectivity index (χ2n) is 2.84. The Bertz CT molecular complexity index is 574. The van der Waals surface area contributed by atoms with Gasteiger partial charge in [-0.05, 0) is 25.1 Å². The Kier molecular flexibility index (Phi) is 2.72. The van der Waals surface area contributed by atoms with Gasteiger partial charge in [0.05, 0.1) is 27.2 Å². The zero-order valence-electron chi connectivity index (χ0n) is 8.00. The fraction of sp³-hybridized carbons (Fsp3) is 0.222. The molecule has 0 saturated carbocycles. The van der Waals surface area contributed by atoms with Crippen LogP contribution in [0.3, 0.4) is 0 Å². The van der Waals surface area contributed by atoms with Crippen molar-refractivity contribution >= 4 is 31.7 Å². The predicted molar refractivity (Wildman–Crippen MR) is 58.4 cm³/mol. The van der Waals surface area contributed by atoms with E-state index in [1.807, 2.05) is 0 Å². The molecule has 2 aromatic rings. The Morgan fingerprint density at radius 3 is 3.00 bits per heavy atom. The van der Waals surface area contributed by atoms with E-state index < -0.39 is 10.1 Å². The van der Waals surface area contributed by atoms with Gasteiger partial charge in [-0.2, -0.15) is 8.42 Å². The average molecular weight is 243 g/mol. The molecule has 0 aliphatic carbocycles. The van der Waals surface area contributed by atoms with Gasteiger partial charge in [-0.15, -0.1) is 11.3 Å². The second-order valence-corrected chi connectivity index (χ2v) is 5.34. The highest BCUT2D eigenvalue weighted by atomic mass is 32.2. The van der Waals surface area contributed by atoms with Gasteiger partial charge in [0.15, 0.2) is 0 Å². The van der Waals surface area contributed by atoms with Gasteiger partial charge in [0.1, 0.15) is 0 Å². The van der Waals surface area contributed by atoms with Crippen molar-refractivity contribution in [3.63, 3.8) is 0 Å². The zero-order valence-corrected chi connectivity index (χ0v) is 9.64. The number of fused-ring (bicyclic) bond motifs is 1. The third-order valence-electron chi connectivity index (χ3n) is 1.86. The minimum absolute atomic E-state index is 0.142. The molecule has 6 heteroatoms. The molecule has 0 N–H and O–H groups in total. The lowest BCUT2D eigenvalue weighted by molar-refractivity contribution is 0.338. The van der Waals surface area contributed by atoms with E-state index >= 15 is 0 Å². The van der Waals surface area contributed by atoms with Crippen LogP contribution in [0, 0.1) is 0 Å². The molecule has 0 atom stereocenters. The van der Waals surface area contributed by atoms with Crippen molar-refractivity contribution in [2.75, 3.05) is 6.61 Å². The van der Waals surface area contributed by atoms with Crippen molar-refractivity contribution in [2.24, 2.45) is 0 Å². The number of hydrogen-bond acceptors (Lipinski definition) is 5. The van der Waals surface area contributed by atoms with Crippen LogP contribution < -0.4 is 0 Å². The van der Waals surface area contributed by atoms with Gasteiger partial charge in [0, 0.05) is 0 Å². The molecule has 15 heavy (non-hydrogen) atoms. The number of rotatable bonds is 3. The number of benzene rings is 1. The molecule has 1 aromatic heterocycles. The molecule has 2 rings (SSSR count). The summed E-state index contributed by atoms with van der Waals surface area (Å²) in [4.78, 5) is 4.25. The van der Waals surface area contributed by atoms with Crippen molar-refractivity contribution in [2.45, 2.75) is 11.8 Å². The topological polar surface area (TPSA) is 56.3 Å². The lowest BCUT2D eigenvalue weighted by Crippen LogP contribution is -2.05. The first-order valence-corrected chi connectivity index (χ1v) is 6.65. The monoisotopic (exact) mass is 243 g/mol. The molecular formula is C9H9NO3S2. The molecule has 0 saturated heterocycles. The van der Waals surface area contributed by atoms with Crippen LogP contribution in [0.15, 0.2) is 28.6 Å². The highest BCUT2D eigenvalue weighted by molar-refractivity contribution is 7.86. The predicted octanol–water partition coefficient (Wildman–Crippen LogP) is 2.02. The summed E-state index contributed by atoms with van der Waals surface area (Å²) in [7, 11) is -3.60. The Hall–Kier alpha value is -0.980. The Morgan fingerprint density at radius 2 is 2.27 bits per heavy atom. The van der Waals surface area contributed by atoms with Gasteiger partial charge in [-0.25, -0.2) is 4.98 Å². The van der Waals surface area contributed by atoms with Crippen molar-refractivity contribution in [1.29, 1.82) is 0 Å². The largest absolute Gasteiger partial charge is 0.297 e. The molecule has 1 heterocycles. The van der Waals surface area contributed by atoms with E-state index in [1.165, 1.54) is 17.4 Å². The van der Waals surface area contributed by atoms with Crippen LogP contribution in [-0.2, 0) is 14.3 Å². The van der Waals surface area contributed by atoms with E-state index in [2.05, 4.69) is 4.98 Å². The summed E-state index contributed by atoms with van der Waals surface area (Å²) >= 11 is 1.40. The van der Waals surface area contributed by atoms with Gasteiger partial charge < -0.3 is 0 Å². The third kappa shape index (κ3) is 2.01. The smallest absolute Gasteiger partial charge is 0.267 e. The third-order valence-corrected chi connectivity index (χ3v) is 4.03. The highest BCUT2D eigenvalue weighted by Gasteiger charge is 2.14. The first kappa shape index (κ1) is 10.5. The van der Waals surface area contributed by atoms with Crippen LogP contribution in [0.2, 0.25) is 0 Å². The van der Waals surface area contributed by atoms with Crippen LogP contribution in [-0.4, -0.2) is 20.0 Å². The van der Waals surface area contributed by atoms with Crippen LogP contribution in [0.1, 0.15) is 6.92 Å². The van der Waals surface area contributed by atoms with E-state index in [-0.39, 0.29) is 11.5 Å². The highest BCUT2D eigenvalue weighted by Crippen LogP contribution is 2.22. The summed E-state index contributed by atoms with van der Waals surface area (Å²) in [6.07, 6.45) is 0. The lowest BCUT2D eigenvalue weighted by Gasteiger charge is -2.02. The molecule has 0 unspecified atom stereocenters. The molecule has 0 spiro atoms. The zero-order chi connectivity index (χ0) is 10.9.